The van der Waals surface area contributed by atoms with Gasteiger partial charge in [0.2, 0.25) is 0 Å². The van der Waals surface area contributed by atoms with Gasteiger partial charge in [-0.15, -0.1) is 0 Å². The van der Waals surface area contributed by atoms with Crippen molar-refractivity contribution in [3.8, 4) is 11.5 Å². The van der Waals surface area contributed by atoms with Crippen LogP contribution in [0.3, 0.4) is 0 Å². The van der Waals surface area contributed by atoms with Crippen LogP contribution in [0.25, 0.3) is 0 Å². The molecule has 0 aliphatic carbocycles. The first-order valence-corrected chi connectivity index (χ1v) is 6.66. The Morgan fingerprint density at radius 1 is 1.47 bits per heavy atom. The highest BCUT2D eigenvalue weighted by molar-refractivity contribution is 5.39. The van der Waals surface area contributed by atoms with Gasteiger partial charge in [0.15, 0.2) is 0 Å². The Balaban J connectivity index is 2.12. The van der Waals surface area contributed by atoms with Gasteiger partial charge in [0.1, 0.15) is 11.5 Å². The predicted molar refractivity (Wildman–Crippen MR) is 74.6 cm³/mol. The summed E-state index contributed by atoms with van der Waals surface area (Å²) in [6.45, 7) is 8.72. The zero-order chi connectivity index (χ0) is 14.0. The van der Waals surface area contributed by atoms with Crippen molar-refractivity contribution in [1.29, 1.82) is 0 Å². The van der Waals surface area contributed by atoms with Gasteiger partial charge in [-0.2, -0.15) is 0 Å². The summed E-state index contributed by atoms with van der Waals surface area (Å²) in [6.07, 6.45) is 0.205. The lowest BCUT2D eigenvalue weighted by Crippen LogP contribution is -2.51. The fourth-order valence-corrected chi connectivity index (χ4v) is 2.76. The number of hydrogen-bond acceptors (Lipinski definition) is 4. The number of phenols is 1. The molecular weight excluding hydrogens is 242 g/mol. The molecule has 1 aliphatic rings. The largest absolute Gasteiger partial charge is 0.508 e. The van der Waals surface area contributed by atoms with E-state index in [0.29, 0.717) is 12.3 Å². The molecule has 0 bridgehead atoms. The van der Waals surface area contributed by atoms with E-state index in [0.717, 1.165) is 24.4 Å². The Hall–Kier alpha value is -1.26. The highest BCUT2D eigenvalue weighted by Gasteiger charge is 2.31. The van der Waals surface area contributed by atoms with Crippen LogP contribution in [-0.2, 0) is 11.3 Å². The van der Waals surface area contributed by atoms with Crippen molar-refractivity contribution in [2.24, 2.45) is 0 Å². The summed E-state index contributed by atoms with van der Waals surface area (Å²) in [5.41, 5.74) is 0.746. The maximum atomic E-state index is 9.94. The molecule has 106 valence electrons. The standard InChI is InChI=1S/C15H23NO3/c1-11-8-16(10-15(2,3)19-11)9-12-7-13(18-4)5-6-14(12)17/h5-7,11,17H,8-10H2,1-4H3. The molecule has 1 saturated heterocycles. The third kappa shape index (κ3) is 3.61. The van der Waals surface area contributed by atoms with Crippen LogP contribution < -0.4 is 4.74 Å². The van der Waals surface area contributed by atoms with Crippen LogP contribution in [0.5, 0.6) is 11.5 Å². The van der Waals surface area contributed by atoms with E-state index in [9.17, 15) is 5.11 Å². The van der Waals surface area contributed by atoms with E-state index in [1.165, 1.54) is 0 Å². The molecule has 1 N–H and O–H groups in total. The molecule has 1 atom stereocenters. The van der Waals surface area contributed by atoms with Gasteiger partial charge >= 0.3 is 0 Å². The van der Waals surface area contributed by atoms with E-state index in [2.05, 4.69) is 25.7 Å². The topological polar surface area (TPSA) is 41.9 Å². The van der Waals surface area contributed by atoms with Crippen molar-refractivity contribution in [1.82, 2.24) is 4.90 Å². The minimum Gasteiger partial charge on any atom is -0.508 e. The van der Waals surface area contributed by atoms with E-state index in [1.807, 2.05) is 6.07 Å². The fraction of sp³-hybridized carbons (Fsp3) is 0.600. The molecule has 4 heteroatoms. The zero-order valence-electron chi connectivity index (χ0n) is 12.1. The number of nitrogens with zero attached hydrogens (tertiary/aromatic N) is 1. The quantitative estimate of drug-likeness (QED) is 0.911. The van der Waals surface area contributed by atoms with Gasteiger partial charge in [-0.3, -0.25) is 4.90 Å². The lowest BCUT2D eigenvalue weighted by Gasteiger charge is -2.41. The molecule has 0 radical (unpaired) electrons. The second-order valence-corrected chi connectivity index (χ2v) is 5.85. The number of rotatable bonds is 3. The van der Waals surface area contributed by atoms with Crippen LogP contribution in [0.1, 0.15) is 26.3 Å². The average molecular weight is 265 g/mol. The molecule has 1 aliphatic heterocycles. The van der Waals surface area contributed by atoms with Gasteiger partial charge in [0.05, 0.1) is 18.8 Å². The number of morpholine rings is 1. The van der Waals surface area contributed by atoms with E-state index in [4.69, 9.17) is 9.47 Å². The minimum atomic E-state index is -0.147. The molecule has 19 heavy (non-hydrogen) atoms. The third-order valence-electron chi connectivity index (χ3n) is 3.32. The van der Waals surface area contributed by atoms with Gasteiger partial charge < -0.3 is 14.6 Å². The molecule has 0 amide bonds. The SMILES string of the molecule is COc1ccc(O)c(CN2CC(C)OC(C)(C)C2)c1. The van der Waals surface area contributed by atoms with Gasteiger partial charge in [0, 0.05) is 25.2 Å². The molecule has 2 rings (SSSR count). The van der Waals surface area contributed by atoms with Crippen LogP contribution in [0.4, 0.5) is 0 Å². The molecule has 1 aromatic rings. The van der Waals surface area contributed by atoms with E-state index in [1.54, 1.807) is 19.2 Å². The minimum absolute atomic E-state index is 0.147. The Labute approximate surface area is 114 Å². The predicted octanol–water partition coefficient (Wildman–Crippen LogP) is 2.40. The summed E-state index contributed by atoms with van der Waals surface area (Å²) in [5.74, 6) is 1.09. The highest BCUT2D eigenvalue weighted by atomic mass is 16.5. The summed E-state index contributed by atoms with van der Waals surface area (Å²) in [7, 11) is 1.64. The molecule has 0 aromatic heterocycles. The van der Waals surface area contributed by atoms with Crippen molar-refractivity contribution >= 4 is 0 Å². The Morgan fingerprint density at radius 2 is 2.21 bits per heavy atom. The second-order valence-electron chi connectivity index (χ2n) is 5.85. The maximum Gasteiger partial charge on any atom is 0.120 e. The number of hydrogen-bond donors (Lipinski definition) is 1. The molecular formula is C15H23NO3. The lowest BCUT2D eigenvalue weighted by molar-refractivity contribution is -0.130. The first-order chi connectivity index (χ1) is 8.89. The summed E-state index contributed by atoms with van der Waals surface area (Å²) >= 11 is 0. The molecule has 1 heterocycles. The molecule has 0 saturated carbocycles. The Kier molecular flexibility index (Phi) is 4.02. The smallest absolute Gasteiger partial charge is 0.120 e. The molecule has 4 nitrogen and oxygen atoms in total. The van der Waals surface area contributed by atoms with Crippen molar-refractivity contribution < 1.29 is 14.6 Å². The molecule has 1 fully saturated rings. The normalized spacial score (nSPS) is 23.3. The Morgan fingerprint density at radius 3 is 2.84 bits per heavy atom. The highest BCUT2D eigenvalue weighted by Crippen LogP contribution is 2.27. The van der Waals surface area contributed by atoms with Crippen LogP contribution >= 0.6 is 0 Å². The maximum absolute atomic E-state index is 9.94. The molecule has 1 unspecified atom stereocenters. The average Bonchev–Trinajstić information content (AvgIpc) is 2.29. The third-order valence-corrected chi connectivity index (χ3v) is 3.32. The van der Waals surface area contributed by atoms with Crippen molar-refractivity contribution in [3.05, 3.63) is 23.8 Å². The Bertz CT molecular complexity index is 445. The summed E-state index contributed by atoms with van der Waals surface area (Å²) in [5, 5.41) is 9.94. The van der Waals surface area contributed by atoms with E-state index < -0.39 is 0 Å². The van der Waals surface area contributed by atoms with Crippen LogP contribution in [0.2, 0.25) is 0 Å². The van der Waals surface area contributed by atoms with Crippen LogP contribution in [-0.4, -0.2) is 41.9 Å². The second kappa shape index (κ2) is 5.39. The lowest BCUT2D eigenvalue weighted by atomic mass is 10.0. The van der Waals surface area contributed by atoms with E-state index in [-0.39, 0.29) is 11.7 Å². The number of phenolic OH excluding ortho intramolecular Hbond substituents is 1. The number of ether oxygens (including phenoxy) is 2. The van der Waals surface area contributed by atoms with E-state index >= 15 is 0 Å². The van der Waals surface area contributed by atoms with Crippen molar-refractivity contribution in [3.63, 3.8) is 0 Å². The van der Waals surface area contributed by atoms with Gasteiger partial charge in [-0.05, 0) is 39.0 Å². The number of aromatic hydroxyl groups is 1. The molecule has 1 aromatic carbocycles. The monoisotopic (exact) mass is 265 g/mol. The summed E-state index contributed by atoms with van der Waals surface area (Å²) in [6, 6.07) is 5.34. The van der Waals surface area contributed by atoms with Crippen LogP contribution in [0.15, 0.2) is 18.2 Å². The summed E-state index contributed by atoms with van der Waals surface area (Å²) in [4.78, 5) is 2.31. The number of methoxy groups -OCH3 is 1. The zero-order valence-corrected chi connectivity index (χ0v) is 12.1. The van der Waals surface area contributed by atoms with Crippen LogP contribution in [0, 0.1) is 0 Å². The fourth-order valence-electron chi connectivity index (χ4n) is 2.76. The first kappa shape index (κ1) is 14.2. The van der Waals surface area contributed by atoms with Gasteiger partial charge in [-0.1, -0.05) is 0 Å². The van der Waals surface area contributed by atoms with Gasteiger partial charge in [0.25, 0.3) is 0 Å². The summed E-state index contributed by atoms with van der Waals surface area (Å²) < 4.78 is 11.1. The number of benzene rings is 1. The van der Waals surface area contributed by atoms with Crippen molar-refractivity contribution in [2.45, 2.75) is 39.0 Å². The van der Waals surface area contributed by atoms with Gasteiger partial charge in [-0.25, -0.2) is 0 Å². The van der Waals surface area contributed by atoms with Crippen molar-refractivity contribution in [2.75, 3.05) is 20.2 Å². The molecule has 0 spiro atoms. The first-order valence-electron chi connectivity index (χ1n) is 6.66.